The van der Waals surface area contributed by atoms with Gasteiger partial charge in [0.15, 0.2) is 11.6 Å². The summed E-state index contributed by atoms with van der Waals surface area (Å²) in [5.74, 6) is -2.27. The fraction of sp³-hybridized carbons (Fsp3) is 0.409. The highest BCUT2D eigenvalue weighted by Crippen LogP contribution is 2.17. The van der Waals surface area contributed by atoms with Crippen LogP contribution in [0.2, 0.25) is 0 Å². The lowest BCUT2D eigenvalue weighted by Gasteiger charge is -2.35. The Bertz CT molecular complexity index is 905. The van der Waals surface area contributed by atoms with Crippen molar-refractivity contribution >= 4 is 11.8 Å². The maximum Gasteiger partial charge on any atom is 0.237 e. The average Bonchev–Trinajstić information content (AvgIpc) is 2.73. The van der Waals surface area contributed by atoms with E-state index in [0.29, 0.717) is 25.2 Å². The minimum atomic E-state index is -0.928. The molecule has 3 rings (SSSR count). The molecule has 1 unspecified atom stereocenters. The number of piperazine rings is 1. The van der Waals surface area contributed by atoms with Crippen molar-refractivity contribution in [3.63, 3.8) is 0 Å². The summed E-state index contributed by atoms with van der Waals surface area (Å²) < 4.78 is 26.7. The molecule has 1 atom stereocenters. The lowest BCUT2D eigenvalue weighted by atomic mass is 10.1. The Hall–Kier alpha value is -2.87. The number of nitrogens with one attached hydrogen (secondary N) is 1. The molecule has 1 aliphatic heterocycles. The van der Waals surface area contributed by atoms with Crippen LogP contribution >= 0.6 is 0 Å². The zero-order valence-electron chi connectivity index (χ0n) is 17.2. The fourth-order valence-corrected chi connectivity index (χ4v) is 3.46. The van der Waals surface area contributed by atoms with Gasteiger partial charge in [0.05, 0.1) is 24.7 Å². The van der Waals surface area contributed by atoms with E-state index in [0.717, 1.165) is 29.8 Å². The van der Waals surface area contributed by atoms with E-state index in [2.05, 4.69) is 10.3 Å². The molecular formula is C22H26F2N4O2. The number of aromatic nitrogens is 1. The summed E-state index contributed by atoms with van der Waals surface area (Å²) in [6.07, 6.45) is 2.69. The Labute approximate surface area is 174 Å². The molecule has 0 radical (unpaired) electrons. The topological polar surface area (TPSA) is 65.5 Å². The van der Waals surface area contributed by atoms with Crippen LogP contribution < -0.4 is 5.32 Å². The van der Waals surface area contributed by atoms with E-state index in [1.54, 1.807) is 18.1 Å². The predicted molar refractivity (Wildman–Crippen MR) is 108 cm³/mol. The van der Waals surface area contributed by atoms with Crippen molar-refractivity contribution in [1.29, 1.82) is 0 Å². The van der Waals surface area contributed by atoms with Gasteiger partial charge >= 0.3 is 0 Å². The van der Waals surface area contributed by atoms with E-state index in [1.807, 2.05) is 24.0 Å². The molecule has 6 nitrogen and oxygen atoms in total. The van der Waals surface area contributed by atoms with Crippen molar-refractivity contribution in [3.05, 3.63) is 65.0 Å². The summed E-state index contributed by atoms with van der Waals surface area (Å²) in [6, 6.07) is 6.89. The SMILES string of the molecule is CCc1ccc(CN(C)C(=O)CC2C(=O)NCCN2Cc2ccc(F)c(F)c2)nc1. The number of halogens is 2. The summed E-state index contributed by atoms with van der Waals surface area (Å²) in [5.41, 5.74) is 2.45. The summed E-state index contributed by atoms with van der Waals surface area (Å²) in [6.45, 7) is 3.61. The van der Waals surface area contributed by atoms with E-state index >= 15 is 0 Å². The van der Waals surface area contributed by atoms with E-state index in [9.17, 15) is 18.4 Å². The van der Waals surface area contributed by atoms with E-state index in [-0.39, 0.29) is 24.8 Å². The minimum Gasteiger partial charge on any atom is -0.353 e. The summed E-state index contributed by atoms with van der Waals surface area (Å²) in [5, 5.41) is 2.78. The zero-order chi connectivity index (χ0) is 21.7. The van der Waals surface area contributed by atoms with Gasteiger partial charge in [-0.1, -0.05) is 19.1 Å². The standard InChI is InChI=1S/C22H26F2N4O2/c1-3-15-4-6-17(26-12-15)14-27(2)21(29)11-20-22(30)25-8-9-28(20)13-16-5-7-18(23)19(24)10-16/h4-7,10,12,20H,3,8-9,11,13-14H2,1-2H3,(H,25,30). The molecule has 1 aliphatic rings. The van der Waals surface area contributed by atoms with Crippen LogP contribution in [0.3, 0.4) is 0 Å². The fourth-order valence-electron chi connectivity index (χ4n) is 3.46. The molecule has 1 aromatic carbocycles. The molecule has 2 aromatic rings. The van der Waals surface area contributed by atoms with Crippen LogP contribution in [0.15, 0.2) is 36.5 Å². The van der Waals surface area contributed by atoms with Gasteiger partial charge < -0.3 is 10.2 Å². The molecule has 0 aliphatic carbocycles. The molecule has 0 spiro atoms. The molecule has 30 heavy (non-hydrogen) atoms. The van der Waals surface area contributed by atoms with Crippen molar-refractivity contribution in [2.75, 3.05) is 20.1 Å². The summed E-state index contributed by atoms with van der Waals surface area (Å²) in [7, 11) is 1.68. The Kier molecular flexibility index (Phi) is 7.10. The molecule has 0 bridgehead atoms. The summed E-state index contributed by atoms with van der Waals surface area (Å²) in [4.78, 5) is 32.9. The maximum absolute atomic E-state index is 13.5. The molecule has 1 fully saturated rings. The van der Waals surface area contributed by atoms with Gasteiger partial charge in [-0.3, -0.25) is 19.5 Å². The van der Waals surface area contributed by atoms with Gasteiger partial charge in [0.25, 0.3) is 0 Å². The van der Waals surface area contributed by atoms with Gasteiger partial charge in [-0.05, 0) is 35.7 Å². The number of hydrogen-bond donors (Lipinski definition) is 1. The van der Waals surface area contributed by atoms with Crippen LogP contribution in [0.5, 0.6) is 0 Å². The zero-order valence-corrected chi connectivity index (χ0v) is 17.2. The third-order valence-electron chi connectivity index (χ3n) is 5.30. The molecule has 1 saturated heterocycles. The molecular weight excluding hydrogens is 390 g/mol. The number of nitrogens with zero attached hydrogens (tertiary/aromatic N) is 3. The van der Waals surface area contributed by atoms with Crippen molar-refractivity contribution in [3.8, 4) is 0 Å². The lowest BCUT2D eigenvalue weighted by Crippen LogP contribution is -2.56. The highest BCUT2D eigenvalue weighted by Gasteiger charge is 2.32. The van der Waals surface area contributed by atoms with Gasteiger partial charge in [0, 0.05) is 32.9 Å². The van der Waals surface area contributed by atoms with Crippen LogP contribution in [0.4, 0.5) is 8.78 Å². The van der Waals surface area contributed by atoms with Crippen molar-refractivity contribution in [2.24, 2.45) is 0 Å². The first-order valence-electron chi connectivity index (χ1n) is 10.0. The quantitative estimate of drug-likeness (QED) is 0.752. The van der Waals surface area contributed by atoms with Crippen LogP contribution in [0.1, 0.15) is 30.2 Å². The van der Waals surface area contributed by atoms with Crippen molar-refractivity contribution in [2.45, 2.75) is 38.9 Å². The second kappa shape index (κ2) is 9.75. The molecule has 1 N–H and O–H groups in total. The number of hydrogen-bond acceptors (Lipinski definition) is 4. The highest BCUT2D eigenvalue weighted by molar-refractivity contribution is 5.88. The number of carbonyl (C=O) groups is 2. The first-order valence-corrected chi connectivity index (χ1v) is 10.0. The second-order valence-corrected chi connectivity index (χ2v) is 7.49. The molecule has 2 heterocycles. The van der Waals surface area contributed by atoms with Gasteiger partial charge in [0.1, 0.15) is 0 Å². The van der Waals surface area contributed by atoms with Gasteiger partial charge in [0.2, 0.25) is 11.8 Å². The van der Waals surface area contributed by atoms with Crippen LogP contribution in [-0.2, 0) is 29.1 Å². The number of rotatable bonds is 7. The van der Waals surface area contributed by atoms with Crippen molar-refractivity contribution < 1.29 is 18.4 Å². The van der Waals surface area contributed by atoms with E-state index in [1.165, 1.54) is 6.07 Å². The first-order chi connectivity index (χ1) is 14.4. The van der Waals surface area contributed by atoms with Gasteiger partial charge in [-0.2, -0.15) is 0 Å². The minimum absolute atomic E-state index is 0.000939. The number of amides is 2. The van der Waals surface area contributed by atoms with Gasteiger partial charge in [-0.15, -0.1) is 0 Å². The highest BCUT2D eigenvalue weighted by atomic mass is 19.2. The van der Waals surface area contributed by atoms with Crippen LogP contribution in [-0.4, -0.2) is 52.8 Å². The molecule has 0 saturated carbocycles. The molecule has 1 aromatic heterocycles. The second-order valence-electron chi connectivity index (χ2n) is 7.49. The number of aryl methyl sites for hydroxylation is 1. The molecule has 160 valence electrons. The van der Waals surface area contributed by atoms with Crippen LogP contribution in [0.25, 0.3) is 0 Å². The molecule has 8 heteroatoms. The first kappa shape index (κ1) is 21.8. The largest absolute Gasteiger partial charge is 0.353 e. The van der Waals surface area contributed by atoms with Gasteiger partial charge in [-0.25, -0.2) is 8.78 Å². The Morgan fingerprint density at radius 1 is 1.23 bits per heavy atom. The summed E-state index contributed by atoms with van der Waals surface area (Å²) >= 11 is 0. The molecule has 2 amide bonds. The lowest BCUT2D eigenvalue weighted by molar-refractivity contribution is -0.138. The maximum atomic E-state index is 13.5. The average molecular weight is 416 g/mol. The van der Waals surface area contributed by atoms with E-state index in [4.69, 9.17) is 0 Å². The van der Waals surface area contributed by atoms with Crippen LogP contribution in [0, 0.1) is 11.6 Å². The third kappa shape index (κ3) is 5.38. The monoisotopic (exact) mass is 416 g/mol. The Balaban J connectivity index is 1.65. The normalized spacial score (nSPS) is 16.9. The predicted octanol–water partition coefficient (Wildman–Crippen LogP) is 2.27. The van der Waals surface area contributed by atoms with E-state index < -0.39 is 17.7 Å². The number of carbonyl (C=O) groups excluding carboxylic acids is 2. The smallest absolute Gasteiger partial charge is 0.237 e. The Morgan fingerprint density at radius 3 is 2.67 bits per heavy atom. The third-order valence-corrected chi connectivity index (χ3v) is 5.30. The number of pyridine rings is 1. The number of benzene rings is 1. The van der Waals surface area contributed by atoms with Crippen molar-refractivity contribution in [1.82, 2.24) is 20.1 Å². The Morgan fingerprint density at radius 2 is 2.00 bits per heavy atom.